The van der Waals surface area contributed by atoms with Gasteiger partial charge in [0.1, 0.15) is 5.75 Å². The Hall–Kier alpha value is -1.07. The molecule has 4 nitrogen and oxygen atoms in total. The summed E-state index contributed by atoms with van der Waals surface area (Å²) >= 11 is 0. The SMILES string of the molecule is COc1ccc(C(NC2(C)CCS(=O)(=O)C2)C2CC2)cc1. The molecule has 1 aromatic carbocycles. The van der Waals surface area contributed by atoms with Crippen molar-refractivity contribution in [1.29, 1.82) is 0 Å². The van der Waals surface area contributed by atoms with Crippen LogP contribution in [0.3, 0.4) is 0 Å². The molecule has 0 aromatic heterocycles. The third kappa shape index (κ3) is 3.40. The molecule has 1 saturated heterocycles. The summed E-state index contributed by atoms with van der Waals surface area (Å²) in [6, 6.07) is 8.36. The summed E-state index contributed by atoms with van der Waals surface area (Å²) in [5.74, 6) is 2.03. The second-order valence-electron chi connectivity index (χ2n) is 6.64. The van der Waals surface area contributed by atoms with Gasteiger partial charge in [0, 0.05) is 11.6 Å². The molecule has 5 heteroatoms. The fraction of sp³-hybridized carbons (Fsp3) is 0.625. The summed E-state index contributed by atoms with van der Waals surface area (Å²) in [6.45, 7) is 2.04. The first-order chi connectivity index (χ1) is 9.91. The number of sulfone groups is 1. The molecule has 1 N–H and O–H groups in total. The lowest BCUT2D eigenvalue weighted by molar-refractivity contribution is 0.321. The highest BCUT2D eigenvalue weighted by molar-refractivity contribution is 7.91. The third-order valence-electron chi connectivity index (χ3n) is 4.58. The monoisotopic (exact) mass is 309 g/mol. The molecule has 0 spiro atoms. The second kappa shape index (κ2) is 5.29. The number of nitrogens with one attached hydrogen (secondary N) is 1. The molecule has 21 heavy (non-hydrogen) atoms. The van der Waals surface area contributed by atoms with Crippen LogP contribution in [-0.4, -0.2) is 32.6 Å². The maximum absolute atomic E-state index is 11.8. The Morgan fingerprint density at radius 2 is 1.95 bits per heavy atom. The maximum Gasteiger partial charge on any atom is 0.152 e. The van der Waals surface area contributed by atoms with Crippen LogP contribution < -0.4 is 10.1 Å². The van der Waals surface area contributed by atoms with Gasteiger partial charge >= 0.3 is 0 Å². The van der Waals surface area contributed by atoms with E-state index in [-0.39, 0.29) is 17.3 Å². The van der Waals surface area contributed by atoms with Crippen LogP contribution in [-0.2, 0) is 9.84 Å². The number of hydrogen-bond acceptors (Lipinski definition) is 4. The molecule has 0 bridgehead atoms. The van der Waals surface area contributed by atoms with Gasteiger partial charge in [-0.2, -0.15) is 0 Å². The fourth-order valence-electron chi connectivity index (χ4n) is 3.21. The van der Waals surface area contributed by atoms with Gasteiger partial charge in [-0.3, -0.25) is 0 Å². The van der Waals surface area contributed by atoms with Crippen molar-refractivity contribution >= 4 is 9.84 Å². The van der Waals surface area contributed by atoms with Crippen LogP contribution in [0.1, 0.15) is 37.8 Å². The van der Waals surface area contributed by atoms with Crippen molar-refractivity contribution in [3.8, 4) is 5.75 Å². The van der Waals surface area contributed by atoms with Gasteiger partial charge in [0.05, 0.1) is 18.6 Å². The Balaban J connectivity index is 1.79. The standard InChI is InChI=1S/C16H23NO3S/c1-16(9-10-21(18,19)11-16)17-15(12-3-4-12)13-5-7-14(20-2)8-6-13/h5-8,12,15,17H,3-4,9-11H2,1-2H3. The minimum Gasteiger partial charge on any atom is -0.497 e. The Morgan fingerprint density at radius 3 is 2.43 bits per heavy atom. The van der Waals surface area contributed by atoms with Gasteiger partial charge in [-0.15, -0.1) is 0 Å². The molecule has 1 aromatic rings. The summed E-state index contributed by atoms with van der Waals surface area (Å²) in [5.41, 5.74) is 0.926. The highest BCUT2D eigenvalue weighted by Crippen LogP contribution is 2.43. The maximum atomic E-state index is 11.8. The molecule has 116 valence electrons. The summed E-state index contributed by atoms with van der Waals surface area (Å²) in [7, 11) is -1.22. The van der Waals surface area contributed by atoms with E-state index in [1.165, 1.54) is 18.4 Å². The first-order valence-electron chi connectivity index (χ1n) is 7.53. The zero-order valence-electron chi connectivity index (χ0n) is 12.6. The number of methoxy groups -OCH3 is 1. The highest BCUT2D eigenvalue weighted by Gasteiger charge is 2.43. The van der Waals surface area contributed by atoms with Gasteiger partial charge in [0.15, 0.2) is 9.84 Å². The van der Waals surface area contributed by atoms with E-state index in [0.29, 0.717) is 18.1 Å². The van der Waals surface area contributed by atoms with Crippen molar-refractivity contribution in [3.05, 3.63) is 29.8 Å². The summed E-state index contributed by atoms with van der Waals surface area (Å²) in [5, 5.41) is 3.64. The van der Waals surface area contributed by atoms with E-state index in [4.69, 9.17) is 4.74 Å². The summed E-state index contributed by atoms with van der Waals surface area (Å²) < 4.78 is 28.8. The molecule has 2 atom stereocenters. The van der Waals surface area contributed by atoms with Crippen molar-refractivity contribution in [2.45, 2.75) is 37.8 Å². The molecule has 1 aliphatic carbocycles. The van der Waals surface area contributed by atoms with Crippen molar-refractivity contribution in [2.24, 2.45) is 5.92 Å². The van der Waals surface area contributed by atoms with E-state index in [1.807, 2.05) is 19.1 Å². The molecule has 1 saturated carbocycles. The lowest BCUT2D eigenvalue weighted by Crippen LogP contribution is -2.46. The van der Waals surface area contributed by atoms with E-state index in [2.05, 4.69) is 17.4 Å². The van der Waals surface area contributed by atoms with E-state index < -0.39 is 9.84 Å². The fourth-order valence-corrected chi connectivity index (χ4v) is 5.32. The predicted molar refractivity (Wildman–Crippen MR) is 83.3 cm³/mol. The quantitative estimate of drug-likeness (QED) is 0.907. The number of rotatable bonds is 5. The summed E-state index contributed by atoms with van der Waals surface area (Å²) in [6.07, 6.45) is 3.13. The van der Waals surface area contributed by atoms with Crippen molar-refractivity contribution < 1.29 is 13.2 Å². The van der Waals surface area contributed by atoms with Crippen molar-refractivity contribution in [3.63, 3.8) is 0 Å². The molecule has 2 unspecified atom stereocenters. The van der Waals surface area contributed by atoms with Crippen LogP contribution >= 0.6 is 0 Å². The van der Waals surface area contributed by atoms with Gasteiger partial charge in [-0.05, 0) is 49.8 Å². The minimum absolute atomic E-state index is 0.245. The normalized spacial score (nSPS) is 29.2. The van der Waals surface area contributed by atoms with Crippen LogP contribution in [0.4, 0.5) is 0 Å². The van der Waals surface area contributed by atoms with Gasteiger partial charge in [0.25, 0.3) is 0 Å². The lowest BCUT2D eigenvalue weighted by Gasteiger charge is -2.31. The zero-order valence-corrected chi connectivity index (χ0v) is 13.4. The van der Waals surface area contributed by atoms with Gasteiger partial charge in [0.2, 0.25) is 0 Å². The van der Waals surface area contributed by atoms with Gasteiger partial charge in [-0.1, -0.05) is 12.1 Å². The van der Waals surface area contributed by atoms with Crippen molar-refractivity contribution in [2.75, 3.05) is 18.6 Å². The van der Waals surface area contributed by atoms with Gasteiger partial charge < -0.3 is 10.1 Å². The Labute approximate surface area is 126 Å². The molecular formula is C16H23NO3S. The van der Waals surface area contributed by atoms with Crippen LogP contribution in [0, 0.1) is 5.92 Å². The van der Waals surface area contributed by atoms with E-state index in [0.717, 1.165) is 5.75 Å². The van der Waals surface area contributed by atoms with E-state index >= 15 is 0 Å². The molecule has 3 rings (SSSR count). The molecule has 1 heterocycles. The van der Waals surface area contributed by atoms with Crippen LogP contribution in [0.25, 0.3) is 0 Å². The first kappa shape index (κ1) is 14.9. The third-order valence-corrected chi connectivity index (χ3v) is 6.48. The van der Waals surface area contributed by atoms with Crippen LogP contribution in [0.2, 0.25) is 0 Å². The van der Waals surface area contributed by atoms with Crippen LogP contribution in [0.5, 0.6) is 5.75 Å². The first-order valence-corrected chi connectivity index (χ1v) is 9.35. The lowest BCUT2D eigenvalue weighted by atomic mass is 9.95. The average Bonchev–Trinajstić information content (AvgIpc) is 3.23. The molecule has 2 fully saturated rings. The largest absolute Gasteiger partial charge is 0.497 e. The number of benzene rings is 1. The highest BCUT2D eigenvalue weighted by atomic mass is 32.2. The minimum atomic E-state index is -2.88. The van der Waals surface area contributed by atoms with Gasteiger partial charge in [-0.25, -0.2) is 8.42 Å². The van der Waals surface area contributed by atoms with Crippen molar-refractivity contribution in [1.82, 2.24) is 5.32 Å². The number of hydrogen-bond donors (Lipinski definition) is 1. The zero-order chi connectivity index (χ0) is 15.1. The molecule has 1 aliphatic heterocycles. The van der Waals surface area contributed by atoms with Crippen LogP contribution in [0.15, 0.2) is 24.3 Å². The molecule has 0 radical (unpaired) electrons. The van der Waals surface area contributed by atoms with E-state index in [9.17, 15) is 8.42 Å². The Bertz CT molecular complexity index is 607. The molecule has 2 aliphatic rings. The predicted octanol–water partition coefficient (Wildman–Crippen LogP) is 2.31. The molecular weight excluding hydrogens is 286 g/mol. The summed E-state index contributed by atoms with van der Waals surface area (Å²) in [4.78, 5) is 0. The Kier molecular flexibility index (Phi) is 3.74. The molecule has 0 amide bonds. The van der Waals surface area contributed by atoms with E-state index in [1.54, 1.807) is 7.11 Å². The number of ether oxygens (including phenoxy) is 1. The second-order valence-corrected chi connectivity index (χ2v) is 8.82. The topological polar surface area (TPSA) is 55.4 Å². The smallest absolute Gasteiger partial charge is 0.152 e. The average molecular weight is 309 g/mol. The Morgan fingerprint density at radius 1 is 1.29 bits per heavy atom.